The molecule has 0 N–H and O–H groups in total. The Morgan fingerprint density at radius 2 is 2.24 bits per heavy atom. The summed E-state index contributed by atoms with van der Waals surface area (Å²) in [5, 5.41) is 1.55. The fourth-order valence-corrected chi connectivity index (χ4v) is 2.62. The summed E-state index contributed by atoms with van der Waals surface area (Å²) in [6, 6.07) is 5.96. The molecule has 0 saturated carbocycles. The first-order chi connectivity index (χ1) is 8.27. The van der Waals surface area contributed by atoms with E-state index in [1.165, 1.54) is 5.56 Å². The first kappa shape index (κ1) is 12.7. The van der Waals surface area contributed by atoms with Gasteiger partial charge in [-0.1, -0.05) is 46.6 Å². The highest BCUT2D eigenvalue weighted by Gasteiger charge is 2.11. The third kappa shape index (κ3) is 2.55. The molecular formula is C13H14BrClN2. The Balaban J connectivity index is 2.55. The molecule has 0 amide bonds. The number of imidazole rings is 1. The molecule has 4 heteroatoms. The predicted molar refractivity (Wildman–Crippen MR) is 75.2 cm³/mol. The van der Waals surface area contributed by atoms with Gasteiger partial charge >= 0.3 is 0 Å². The Morgan fingerprint density at radius 3 is 2.94 bits per heavy atom. The van der Waals surface area contributed by atoms with Crippen molar-refractivity contribution in [3.05, 3.63) is 47.0 Å². The standard InChI is InChI=1S/C13H14BrClN2/c1-2-4-12-16-7-8-17(12)13-10(9-14)5-3-6-11(13)15/h3,5-8H,2,4,9H2,1H3. The number of alkyl halides is 1. The molecule has 0 fully saturated rings. The van der Waals surface area contributed by atoms with Crippen LogP contribution < -0.4 is 0 Å². The number of benzene rings is 1. The lowest BCUT2D eigenvalue weighted by Gasteiger charge is -2.13. The lowest BCUT2D eigenvalue weighted by Crippen LogP contribution is -2.03. The summed E-state index contributed by atoms with van der Waals surface area (Å²) >= 11 is 9.80. The molecule has 2 nitrogen and oxygen atoms in total. The zero-order chi connectivity index (χ0) is 12.3. The fourth-order valence-electron chi connectivity index (χ4n) is 1.88. The Kier molecular flexibility index (Phi) is 4.24. The first-order valence-electron chi connectivity index (χ1n) is 5.64. The summed E-state index contributed by atoms with van der Waals surface area (Å²) in [6.07, 6.45) is 5.83. The molecule has 1 heterocycles. The number of nitrogens with zero attached hydrogens (tertiary/aromatic N) is 2. The maximum Gasteiger partial charge on any atom is 0.113 e. The van der Waals surface area contributed by atoms with Gasteiger partial charge in [-0.3, -0.25) is 0 Å². The van der Waals surface area contributed by atoms with Crippen LogP contribution in [0.5, 0.6) is 0 Å². The van der Waals surface area contributed by atoms with Crippen molar-refractivity contribution in [3.63, 3.8) is 0 Å². The van der Waals surface area contributed by atoms with Crippen LogP contribution in [0.25, 0.3) is 5.69 Å². The van der Waals surface area contributed by atoms with E-state index in [0.717, 1.165) is 34.7 Å². The van der Waals surface area contributed by atoms with E-state index >= 15 is 0 Å². The van der Waals surface area contributed by atoms with E-state index in [1.54, 1.807) is 0 Å². The summed E-state index contributed by atoms with van der Waals surface area (Å²) in [4.78, 5) is 4.39. The van der Waals surface area contributed by atoms with Gasteiger partial charge in [0.25, 0.3) is 0 Å². The largest absolute Gasteiger partial charge is 0.302 e. The molecule has 1 aromatic carbocycles. The minimum Gasteiger partial charge on any atom is -0.302 e. The molecule has 90 valence electrons. The molecule has 0 bridgehead atoms. The third-order valence-electron chi connectivity index (χ3n) is 2.65. The van der Waals surface area contributed by atoms with E-state index in [2.05, 4.69) is 38.5 Å². The molecule has 1 aromatic heterocycles. The minimum atomic E-state index is 0.761. The quantitative estimate of drug-likeness (QED) is 0.766. The van der Waals surface area contributed by atoms with E-state index in [9.17, 15) is 0 Å². The minimum absolute atomic E-state index is 0.761. The zero-order valence-electron chi connectivity index (χ0n) is 9.66. The lowest BCUT2D eigenvalue weighted by atomic mass is 10.2. The van der Waals surface area contributed by atoms with Crippen molar-refractivity contribution in [2.75, 3.05) is 0 Å². The molecule has 0 unspecified atom stereocenters. The normalized spacial score (nSPS) is 10.8. The van der Waals surface area contributed by atoms with E-state index in [4.69, 9.17) is 11.6 Å². The maximum atomic E-state index is 6.30. The molecule has 2 aromatic rings. The SMILES string of the molecule is CCCc1nccn1-c1c(Cl)cccc1CBr. The molecule has 0 spiro atoms. The van der Waals surface area contributed by atoms with Crippen molar-refractivity contribution in [1.82, 2.24) is 9.55 Å². The molecule has 0 atom stereocenters. The highest BCUT2D eigenvalue weighted by Crippen LogP contribution is 2.27. The van der Waals surface area contributed by atoms with Crippen LogP contribution in [0.4, 0.5) is 0 Å². The average molecular weight is 314 g/mol. The van der Waals surface area contributed by atoms with Crippen molar-refractivity contribution in [2.24, 2.45) is 0 Å². The predicted octanol–water partition coefficient (Wildman–Crippen LogP) is 4.37. The molecule has 0 radical (unpaired) electrons. The number of para-hydroxylation sites is 1. The van der Waals surface area contributed by atoms with E-state index in [-0.39, 0.29) is 0 Å². The summed E-state index contributed by atoms with van der Waals surface area (Å²) < 4.78 is 2.09. The Hall–Kier alpha value is -0.800. The van der Waals surface area contributed by atoms with Crippen LogP contribution in [-0.4, -0.2) is 9.55 Å². The fraction of sp³-hybridized carbons (Fsp3) is 0.308. The second-order valence-electron chi connectivity index (χ2n) is 3.84. The smallest absolute Gasteiger partial charge is 0.113 e. The van der Waals surface area contributed by atoms with Crippen LogP contribution in [0.1, 0.15) is 24.7 Å². The molecule has 0 aliphatic carbocycles. The molecule has 0 aliphatic rings. The summed E-state index contributed by atoms with van der Waals surface area (Å²) in [6.45, 7) is 2.15. The lowest BCUT2D eigenvalue weighted by molar-refractivity contribution is 0.807. The molecular weight excluding hydrogens is 300 g/mol. The number of hydrogen-bond donors (Lipinski definition) is 0. The van der Waals surface area contributed by atoms with Gasteiger partial charge in [-0.05, 0) is 18.1 Å². The molecule has 17 heavy (non-hydrogen) atoms. The second kappa shape index (κ2) is 5.69. The molecule has 0 aliphatic heterocycles. The number of halogens is 2. The summed E-state index contributed by atoms with van der Waals surface area (Å²) in [5.74, 6) is 1.06. The van der Waals surface area contributed by atoms with Gasteiger partial charge < -0.3 is 4.57 Å². The van der Waals surface area contributed by atoms with Crippen LogP contribution in [-0.2, 0) is 11.8 Å². The number of hydrogen-bond acceptors (Lipinski definition) is 1. The van der Waals surface area contributed by atoms with Crippen LogP contribution in [0, 0.1) is 0 Å². The van der Waals surface area contributed by atoms with Crippen molar-refractivity contribution >= 4 is 27.5 Å². The third-order valence-corrected chi connectivity index (χ3v) is 3.56. The number of rotatable bonds is 4. The van der Waals surface area contributed by atoms with Crippen molar-refractivity contribution in [2.45, 2.75) is 25.1 Å². The van der Waals surface area contributed by atoms with E-state index < -0.39 is 0 Å². The van der Waals surface area contributed by atoms with Gasteiger partial charge in [0.05, 0.1) is 10.7 Å². The topological polar surface area (TPSA) is 17.8 Å². The maximum absolute atomic E-state index is 6.30. The van der Waals surface area contributed by atoms with Gasteiger partial charge in [-0.15, -0.1) is 0 Å². The first-order valence-corrected chi connectivity index (χ1v) is 7.13. The van der Waals surface area contributed by atoms with Gasteiger partial charge in [0.15, 0.2) is 0 Å². The van der Waals surface area contributed by atoms with Crippen molar-refractivity contribution in [3.8, 4) is 5.69 Å². The summed E-state index contributed by atoms with van der Waals surface area (Å²) in [7, 11) is 0. The van der Waals surface area contributed by atoms with Gasteiger partial charge in [-0.2, -0.15) is 0 Å². The Labute approximate surface area is 115 Å². The van der Waals surface area contributed by atoms with Gasteiger partial charge in [0, 0.05) is 24.1 Å². The number of aryl methyl sites for hydroxylation is 1. The van der Waals surface area contributed by atoms with Gasteiger partial charge in [0.2, 0.25) is 0 Å². The average Bonchev–Trinajstić information content (AvgIpc) is 2.77. The summed E-state index contributed by atoms with van der Waals surface area (Å²) in [5.41, 5.74) is 2.21. The monoisotopic (exact) mass is 312 g/mol. The molecule has 2 rings (SSSR count). The van der Waals surface area contributed by atoms with Gasteiger partial charge in [0.1, 0.15) is 5.82 Å². The van der Waals surface area contributed by atoms with Gasteiger partial charge in [-0.25, -0.2) is 4.98 Å². The van der Waals surface area contributed by atoms with Crippen molar-refractivity contribution in [1.29, 1.82) is 0 Å². The van der Waals surface area contributed by atoms with Crippen LogP contribution >= 0.6 is 27.5 Å². The van der Waals surface area contributed by atoms with Crippen molar-refractivity contribution < 1.29 is 0 Å². The van der Waals surface area contributed by atoms with Crippen LogP contribution in [0.3, 0.4) is 0 Å². The van der Waals surface area contributed by atoms with Crippen LogP contribution in [0.15, 0.2) is 30.6 Å². The van der Waals surface area contributed by atoms with Crippen LogP contribution in [0.2, 0.25) is 5.02 Å². The second-order valence-corrected chi connectivity index (χ2v) is 4.81. The zero-order valence-corrected chi connectivity index (χ0v) is 12.0. The van der Waals surface area contributed by atoms with E-state index in [1.807, 2.05) is 24.5 Å². The Morgan fingerprint density at radius 1 is 1.41 bits per heavy atom. The highest BCUT2D eigenvalue weighted by atomic mass is 79.9. The number of aromatic nitrogens is 2. The van der Waals surface area contributed by atoms with E-state index in [0.29, 0.717) is 0 Å². The molecule has 0 saturated heterocycles. The highest BCUT2D eigenvalue weighted by molar-refractivity contribution is 9.08. The Bertz CT molecular complexity index is 508.